The number of aliphatic carboxylic acids is 1. The average Bonchev–Trinajstić information content (AvgIpc) is 2.20. The maximum Gasteiger partial charge on any atom is 0.317 e. The van der Waals surface area contributed by atoms with E-state index in [9.17, 15) is 4.79 Å². The number of hydrogen-bond donors (Lipinski definition) is 2. The van der Waals surface area contributed by atoms with E-state index in [1.54, 1.807) is 0 Å². The molecule has 15 heavy (non-hydrogen) atoms. The lowest BCUT2D eigenvalue weighted by molar-refractivity contribution is -0.135. The molecule has 0 spiro atoms. The van der Waals surface area contributed by atoms with E-state index in [1.165, 1.54) is 5.56 Å². The van der Waals surface area contributed by atoms with Crippen LogP contribution in [0, 0.1) is 6.92 Å². The van der Waals surface area contributed by atoms with Gasteiger partial charge in [-0.1, -0.05) is 17.7 Å². The molecule has 0 unspecified atom stereocenters. The molecule has 4 nitrogen and oxygen atoms in total. The van der Waals surface area contributed by atoms with Crippen LogP contribution in [0.2, 0.25) is 0 Å². The van der Waals surface area contributed by atoms with Crippen molar-refractivity contribution in [3.8, 4) is 5.75 Å². The van der Waals surface area contributed by atoms with Crippen LogP contribution in [0.25, 0.3) is 0 Å². The van der Waals surface area contributed by atoms with E-state index in [2.05, 4.69) is 5.32 Å². The van der Waals surface area contributed by atoms with Crippen molar-refractivity contribution in [3.63, 3.8) is 0 Å². The largest absolute Gasteiger partial charge is 0.492 e. The van der Waals surface area contributed by atoms with Gasteiger partial charge in [-0.3, -0.25) is 4.79 Å². The lowest BCUT2D eigenvalue weighted by Gasteiger charge is -2.06. The zero-order valence-electron chi connectivity index (χ0n) is 8.69. The van der Waals surface area contributed by atoms with Crippen LogP contribution < -0.4 is 10.1 Å². The van der Waals surface area contributed by atoms with Gasteiger partial charge in [0.15, 0.2) is 0 Å². The standard InChI is InChI=1S/C11H15NO3/c1-9-2-4-10(5-3-9)15-7-6-12-8-11(13)14/h2-5,12H,6-8H2,1H3,(H,13,14). The van der Waals surface area contributed by atoms with E-state index in [1.807, 2.05) is 31.2 Å². The van der Waals surface area contributed by atoms with Crippen LogP contribution in [0.4, 0.5) is 0 Å². The fourth-order valence-electron chi connectivity index (χ4n) is 1.07. The van der Waals surface area contributed by atoms with Gasteiger partial charge in [-0.05, 0) is 19.1 Å². The summed E-state index contributed by atoms with van der Waals surface area (Å²) in [6, 6.07) is 7.74. The van der Waals surface area contributed by atoms with Gasteiger partial charge in [0.25, 0.3) is 0 Å². The molecule has 0 saturated heterocycles. The van der Waals surface area contributed by atoms with Crippen LogP contribution in [0.15, 0.2) is 24.3 Å². The molecule has 0 bridgehead atoms. The summed E-state index contributed by atoms with van der Waals surface area (Å²) in [7, 11) is 0. The zero-order valence-corrected chi connectivity index (χ0v) is 8.69. The number of carbonyl (C=O) groups is 1. The Morgan fingerprint density at radius 3 is 2.67 bits per heavy atom. The van der Waals surface area contributed by atoms with Crippen molar-refractivity contribution in [2.45, 2.75) is 6.92 Å². The summed E-state index contributed by atoms with van der Waals surface area (Å²) in [5.74, 6) is -0.0527. The summed E-state index contributed by atoms with van der Waals surface area (Å²) in [4.78, 5) is 10.2. The molecular weight excluding hydrogens is 194 g/mol. The number of ether oxygens (including phenoxy) is 1. The smallest absolute Gasteiger partial charge is 0.317 e. The average molecular weight is 209 g/mol. The minimum Gasteiger partial charge on any atom is -0.492 e. The van der Waals surface area contributed by atoms with Gasteiger partial charge >= 0.3 is 5.97 Å². The molecule has 0 atom stereocenters. The van der Waals surface area contributed by atoms with Crippen LogP contribution in [0.1, 0.15) is 5.56 Å². The van der Waals surface area contributed by atoms with Gasteiger partial charge in [-0.2, -0.15) is 0 Å². The summed E-state index contributed by atoms with van der Waals surface area (Å²) >= 11 is 0. The van der Waals surface area contributed by atoms with Crippen LogP contribution in [-0.2, 0) is 4.79 Å². The highest BCUT2D eigenvalue weighted by atomic mass is 16.5. The molecule has 0 amide bonds. The maximum absolute atomic E-state index is 10.2. The number of benzene rings is 1. The number of aryl methyl sites for hydroxylation is 1. The van der Waals surface area contributed by atoms with Crippen molar-refractivity contribution in [1.29, 1.82) is 0 Å². The molecule has 0 aliphatic rings. The van der Waals surface area contributed by atoms with Crippen molar-refractivity contribution in [2.75, 3.05) is 19.7 Å². The van der Waals surface area contributed by atoms with Gasteiger partial charge < -0.3 is 15.2 Å². The van der Waals surface area contributed by atoms with Gasteiger partial charge in [0.2, 0.25) is 0 Å². The molecule has 0 heterocycles. The van der Waals surface area contributed by atoms with E-state index in [-0.39, 0.29) is 6.54 Å². The van der Waals surface area contributed by atoms with Gasteiger partial charge in [-0.25, -0.2) is 0 Å². The summed E-state index contributed by atoms with van der Waals surface area (Å²) in [6.07, 6.45) is 0. The van der Waals surface area contributed by atoms with Crippen LogP contribution in [-0.4, -0.2) is 30.8 Å². The molecule has 82 valence electrons. The third kappa shape index (κ3) is 5.02. The Morgan fingerprint density at radius 2 is 2.07 bits per heavy atom. The Kier molecular flexibility index (Phi) is 4.63. The predicted octanol–water partition coefficient (Wildman–Crippen LogP) is 1.05. The topological polar surface area (TPSA) is 58.6 Å². The molecule has 0 aromatic heterocycles. The minimum absolute atomic E-state index is 0.0305. The van der Waals surface area contributed by atoms with Gasteiger partial charge in [0, 0.05) is 6.54 Å². The maximum atomic E-state index is 10.2. The number of rotatable bonds is 6. The Morgan fingerprint density at radius 1 is 1.40 bits per heavy atom. The first kappa shape index (κ1) is 11.5. The van der Waals surface area contributed by atoms with Crippen LogP contribution in [0.5, 0.6) is 5.75 Å². The molecule has 1 aromatic carbocycles. The van der Waals surface area contributed by atoms with Crippen molar-refractivity contribution in [1.82, 2.24) is 5.32 Å². The number of carboxylic acids is 1. The monoisotopic (exact) mass is 209 g/mol. The Hall–Kier alpha value is -1.55. The first-order valence-electron chi connectivity index (χ1n) is 4.80. The fraction of sp³-hybridized carbons (Fsp3) is 0.364. The SMILES string of the molecule is Cc1ccc(OCCNCC(=O)O)cc1. The van der Waals surface area contributed by atoms with E-state index in [4.69, 9.17) is 9.84 Å². The lowest BCUT2D eigenvalue weighted by atomic mass is 10.2. The molecule has 4 heteroatoms. The third-order valence-electron chi connectivity index (χ3n) is 1.84. The molecular formula is C11H15NO3. The van der Waals surface area contributed by atoms with E-state index >= 15 is 0 Å². The van der Waals surface area contributed by atoms with Crippen molar-refractivity contribution >= 4 is 5.97 Å². The normalized spacial score (nSPS) is 9.93. The van der Waals surface area contributed by atoms with E-state index < -0.39 is 5.97 Å². The first-order chi connectivity index (χ1) is 7.18. The predicted molar refractivity (Wildman–Crippen MR) is 57.2 cm³/mol. The lowest BCUT2D eigenvalue weighted by Crippen LogP contribution is -2.26. The number of carboxylic acid groups (broad SMARTS) is 1. The summed E-state index contributed by atoms with van der Waals surface area (Å²) in [5, 5.41) is 11.1. The van der Waals surface area contributed by atoms with Crippen LogP contribution in [0.3, 0.4) is 0 Å². The summed E-state index contributed by atoms with van der Waals surface area (Å²) < 4.78 is 5.39. The minimum atomic E-state index is -0.856. The summed E-state index contributed by atoms with van der Waals surface area (Å²) in [5.41, 5.74) is 1.19. The second kappa shape index (κ2) is 6.03. The van der Waals surface area contributed by atoms with Crippen molar-refractivity contribution < 1.29 is 14.6 Å². The van der Waals surface area contributed by atoms with Crippen molar-refractivity contribution in [3.05, 3.63) is 29.8 Å². The molecule has 0 aliphatic carbocycles. The molecule has 1 aromatic rings. The second-order valence-electron chi connectivity index (χ2n) is 3.23. The van der Waals surface area contributed by atoms with Gasteiger partial charge in [0.1, 0.15) is 12.4 Å². The third-order valence-corrected chi connectivity index (χ3v) is 1.84. The van der Waals surface area contributed by atoms with Crippen molar-refractivity contribution in [2.24, 2.45) is 0 Å². The number of nitrogens with one attached hydrogen (secondary N) is 1. The number of hydrogen-bond acceptors (Lipinski definition) is 3. The Balaban J connectivity index is 2.15. The highest BCUT2D eigenvalue weighted by molar-refractivity contribution is 5.68. The molecule has 0 saturated carbocycles. The molecule has 1 rings (SSSR count). The highest BCUT2D eigenvalue weighted by Gasteiger charge is 1.95. The molecule has 2 N–H and O–H groups in total. The zero-order chi connectivity index (χ0) is 11.1. The fourth-order valence-corrected chi connectivity index (χ4v) is 1.07. The van der Waals surface area contributed by atoms with Crippen LogP contribution >= 0.6 is 0 Å². The van der Waals surface area contributed by atoms with E-state index in [0.29, 0.717) is 13.2 Å². The molecule has 0 aliphatic heterocycles. The Labute approximate surface area is 88.9 Å². The summed E-state index contributed by atoms with van der Waals surface area (Å²) in [6.45, 7) is 2.98. The Bertz CT molecular complexity index is 308. The molecule has 0 radical (unpaired) electrons. The quantitative estimate of drug-likeness (QED) is 0.687. The van der Waals surface area contributed by atoms with Gasteiger partial charge in [-0.15, -0.1) is 0 Å². The first-order valence-corrected chi connectivity index (χ1v) is 4.80. The molecule has 0 fully saturated rings. The highest BCUT2D eigenvalue weighted by Crippen LogP contribution is 2.10. The van der Waals surface area contributed by atoms with E-state index in [0.717, 1.165) is 5.75 Å². The second-order valence-corrected chi connectivity index (χ2v) is 3.23. The van der Waals surface area contributed by atoms with Gasteiger partial charge in [0.05, 0.1) is 6.54 Å².